The number of rotatable bonds is 7. The van der Waals surface area contributed by atoms with Crippen molar-refractivity contribution in [3.63, 3.8) is 0 Å². The number of hydrogen-bond acceptors (Lipinski definition) is 4. The van der Waals surface area contributed by atoms with Crippen LogP contribution in [0.25, 0.3) is 11.0 Å². The standard InChI is InChI=1S/C25H26O4/c1-3-5-11-18-23(26)21-14-17(25(27)28-4-2)12-13-22(21)29-24(18)20-15-19(20)16-9-7-6-8-10-16/h6-10,12-14,19-20H,3-5,11,15H2,1-2H3. The molecule has 0 spiro atoms. The first-order valence-electron chi connectivity index (χ1n) is 10.5. The second-order valence-corrected chi connectivity index (χ2v) is 7.67. The molecule has 1 aliphatic carbocycles. The zero-order valence-corrected chi connectivity index (χ0v) is 16.9. The average Bonchev–Trinajstić information content (AvgIpc) is 3.54. The first-order chi connectivity index (χ1) is 14.1. The van der Waals surface area contributed by atoms with E-state index in [2.05, 4.69) is 31.2 Å². The minimum absolute atomic E-state index is 0.0143. The van der Waals surface area contributed by atoms with Crippen LogP contribution < -0.4 is 5.43 Å². The van der Waals surface area contributed by atoms with Crippen LogP contribution in [0.1, 0.15) is 72.2 Å². The van der Waals surface area contributed by atoms with Crippen LogP contribution in [0.3, 0.4) is 0 Å². The number of unbranched alkanes of at least 4 members (excludes halogenated alkanes) is 1. The van der Waals surface area contributed by atoms with Crippen LogP contribution in [0.2, 0.25) is 0 Å². The van der Waals surface area contributed by atoms with Gasteiger partial charge in [-0.1, -0.05) is 43.7 Å². The number of carbonyl (C=O) groups excluding carboxylic acids is 1. The Labute approximate surface area is 170 Å². The Bertz CT molecular complexity index is 1080. The minimum atomic E-state index is -0.417. The molecule has 1 saturated carbocycles. The normalized spacial score (nSPS) is 18.0. The molecule has 3 aromatic rings. The highest BCUT2D eigenvalue weighted by molar-refractivity contribution is 5.94. The van der Waals surface area contributed by atoms with Gasteiger partial charge in [0.05, 0.1) is 17.6 Å². The summed E-state index contributed by atoms with van der Waals surface area (Å²) < 4.78 is 11.4. The summed E-state index contributed by atoms with van der Waals surface area (Å²) in [4.78, 5) is 25.4. The molecule has 0 N–H and O–H groups in total. The quantitative estimate of drug-likeness (QED) is 0.494. The van der Waals surface area contributed by atoms with E-state index in [9.17, 15) is 9.59 Å². The third-order valence-corrected chi connectivity index (χ3v) is 5.66. The molecule has 150 valence electrons. The number of ether oxygens (including phenoxy) is 1. The van der Waals surface area contributed by atoms with Crippen LogP contribution in [0, 0.1) is 0 Å². The van der Waals surface area contributed by atoms with Gasteiger partial charge in [-0.05, 0) is 55.9 Å². The van der Waals surface area contributed by atoms with Crippen LogP contribution in [0.15, 0.2) is 57.7 Å². The fraction of sp³-hybridized carbons (Fsp3) is 0.360. The zero-order chi connectivity index (χ0) is 20.4. The third-order valence-electron chi connectivity index (χ3n) is 5.66. The highest BCUT2D eigenvalue weighted by Gasteiger charge is 2.43. The minimum Gasteiger partial charge on any atom is -0.462 e. The van der Waals surface area contributed by atoms with Crippen LogP contribution in [-0.4, -0.2) is 12.6 Å². The van der Waals surface area contributed by atoms with E-state index < -0.39 is 5.97 Å². The van der Waals surface area contributed by atoms with E-state index in [1.165, 1.54) is 5.56 Å². The molecule has 2 aromatic carbocycles. The summed E-state index contributed by atoms with van der Waals surface area (Å²) in [6.07, 6.45) is 3.64. The predicted octanol–water partition coefficient (Wildman–Crippen LogP) is 5.58. The van der Waals surface area contributed by atoms with Gasteiger partial charge < -0.3 is 9.15 Å². The molecule has 0 bridgehead atoms. The highest BCUT2D eigenvalue weighted by atomic mass is 16.5. The summed E-state index contributed by atoms with van der Waals surface area (Å²) in [5.74, 6) is 1.05. The Morgan fingerprint density at radius 2 is 1.90 bits per heavy atom. The number of esters is 1. The molecule has 0 radical (unpaired) electrons. The summed E-state index contributed by atoms with van der Waals surface area (Å²) in [6.45, 7) is 4.18. The van der Waals surface area contributed by atoms with Gasteiger partial charge in [0, 0.05) is 11.5 Å². The van der Waals surface area contributed by atoms with E-state index in [-0.39, 0.29) is 11.3 Å². The van der Waals surface area contributed by atoms with Crippen molar-refractivity contribution in [2.45, 2.75) is 51.4 Å². The summed E-state index contributed by atoms with van der Waals surface area (Å²) in [7, 11) is 0. The van der Waals surface area contributed by atoms with Crippen molar-refractivity contribution < 1.29 is 13.9 Å². The average molecular weight is 390 g/mol. The molecule has 4 heteroatoms. The molecule has 2 unspecified atom stereocenters. The first kappa shape index (κ1) is 19.4. The maximum atomic E-state index is 13.4. The molecule has 2 atom stereocenters. The number of carbonyl (C=O) groups is 1. The largest absolute Gasteiger partial charge is 0.462 e. The van der Waals surface area contributed by atoms with Crippen LogP contribution in [-0.2, 0) is 11.2 Å². The topological polar surface area (TPSA) is 56.5 Å². The van der Waals surface area contributed by atoms with Crippen molar-refractivity contribution in [3.8, 4) is 0 Å². The maximum absolute atomic E-state index is 13.4. The van der Waals surface area contributed by atoms with Crippen molar-refractivity contribution in [1.82, 2.24) is 0 Å². The van der Waals surface area contributed by atoms with Gasteiger partial charge in [-0.15, -0.1) is 0 Å². The molecule has 4 nitrogen and oxygen atoms in total. The van der Waals surface area contributed by atoms with Crippen molar-refractivity contribution in [2.24, 2.45) is 0 Å². The molecule has 1 aromatic heterocycles. The Kier molecular flexibility index (Phi) is 5.52. The fourth-order valence-corrected chi connectivity index (χ4v) is 4.04. The van der Waals surface area contributed by atoms with Crippen molar-refractivity contribution >= 4 is 16.9 Å². The lowest BCUT2D eigenvalue weighted by molar-refractivity contribution is 0.0526. The molecule has 4 rings (SSSR count). The van der Waals surface area contributed by atoms with Gasteiger partial charge in [0.25, 0.3) is 0 Å². The van der Waals surface area contributed by atoms with Crippen molar-refractivity contribution in [1.29, 1.82) is 0 Å². The van der Waals surface area contributed by atoms with Gasteiger partial charge in [0.2, 0.25) is 0 Å². The molecule has 1 heterocycles. The lowest BCUT2D eigenvalue weighted by Gasteiger charge is -2.11. The van der Waals surface area contributed by atoms with E-state index in [4.69, 9.17) is 9.15 Å². The van der Waals surface area contributed by atoms with Crippen LogP contribution in [0.4, 0.5) is 0 Å². The van der Waals surface area contributed by atoms with E-state index >= 15 is 0 Å². The van der Waals surface area contributed by atoms with Crippen molar-refractivity contribution in [2.75, 3.05) is 6.61 Å². The molecule has 1 fully saturated rings. The smallest absolute Gasteiger partial charge is 0.338 e. The van der Waals surface area contributed by atoms with E-state index in [0.717, 1.165) is 30.6 Å². The number of fused-ring (bicyclic) bond motifs is 1. The Morgan fingerprint density at radius 3 is 2.62 bits per heavy atom. The maximum Gasteiger partial charge on any atom is 0.338 e. The Hall–Kier alpha value is -2.88. The lowest BCUT2D eigenvalue weighted by Crippen LogP contribution is -2.14. The summed E-state index contributed by atoms with van der Waals surface area (Å²) in [5.41, 5.74) is 2.97. The van der Waals surface area contributed by atoms with Gasteiger partial charge in [0.1, 0.15) is 11.3 Å². The van der Waals surface area contributed by atoms with Gasteiger partial charge in [-0.25, -0.2) is 4.79 Å². The second-order valence-electron chi connectivity index (χ2n) is 7.67. The molecule has 0 aliphatic heterocycles. The SMILES string of the molecule is CCCCc1c(C2CC2c2ccccc2)oc2ccc(C(=O)OCC)cc2c1=O. The fourth-order valence-electron chi connectivity index (χ4n) is 4.04. The third kappa shape index (κ3) is 3.84. The van der Waals surface area contributed by atoms with Gasteiger partial charge in [-0.3, -0.25) is 4.79 Å². The second kappa shape index (κ2) is 8.24. The Morgan fingerprint density at radius 1 is 1.10 bits per heavy atom. The van der Waals surface area contributed by atoms with Gasteiger partial charge in [-0.2, -0.15) is 0 Å². The predicted molar refractivity (Wildman–Crippen MR) is 114 cm³/mol. The number of benzene rings is 2. The van der Waals surface area contributed by atoms with E-state index in [0.29, 0.717) is 35.5 Å². The number of hydrogen-bond donors (Lipinski definition) is 0. The summed E-state index contributed by atoms with van der Waals surface area (Å²) >= 11 is 0. The highest BCUT2D eigenvalue weighted by Crippen LogP contribution is 2.55. The molecule has 0 saturated heterocycles. The van der Waals surface area contributed by atoms with Crippen molar-refractivity contribution in [3.05, 3.63) is 81.2 Å². The summed E-state index contributed by atoms with van der Waals surface area (Å²) in [5, 5.41) is 0.460. The lowest BCUT2D eigenvalue weighted by atomic mass is 9.99. The first-order valence-corrected chi connectivity index (χ1v) is 10.5. The van der Waals surface area contributed by atoms with Gasteiger partial charge >= 0.3 is 5.97 Å². The molecular formula is C25H26O4. The van der Waals surface area contributed by atoms with E-state index in [1.807, 2.05) is 6.07 Å². The van der Waals surface area contributed by atoms with Crippen LogP contribution >= 0.6 is 0 Å². The molecule has 0 amide bonds. The van der Waals surface area contributed by atoms with E-state index in [1.54, 1.807) is 25.1 Å². The summed E-state index contributed by atoms with van der Waals surface area (Å²) in [6, 6.07) is 15.4. The zero-order valence-electron chi connectivity index (χ0n) is 16.9. The molecule has 29 heavy (non-hydrogen) atoms. The van der Waals surface area contributed by atoms with Crippen LogP contribution in [0.5, 0.6) is 0 Å². The molecule has 1 aliphatic rings. The molecular weight excluding hydrogens is 364 g/mol. The monoisotopic (exact) mass is 390 g/mol. The Balaban J connectivity index is 1.77. The van der Waals surface area contributed by atoms with Gasteiger partial charge in [0.15, 0.2) is 5.43 Å².